The van der Waals surface area contributed by atoms with Gasteiger partial charge in [-0.25, -0.2) is 0 Å². The summed E-state index contributed by atoms with van der Waals surface area (Å²) in [4.78, 5) is 2.55. The fraction of sp³-hybridized carbons (Fsp3) is 0.857. The van der Waals surface area contributed by atoms with Crippen LogP contribution in [0.25, 0.3) is 0 Å². The summed E-state index contributed by atoms with van der Waals surface area (Å²) in [5.74, 6) is 0.838. The summed E-state index contributed by atoms with van der Waals surface area (Å²) in [6.45, 7) is 7.10. The lowest BCUT2D eigenvalue weighted by molar-refractivity contribution is 0.213. The molecule has 0 bridgehead atoms. The van der Waals surface area contributed by atoms with Crippen LogP contribution >= 0.6 is 0 Å². The summed E-state index contributed by atoms with van der Waals surface area (Å²) < 4.78 is 0. The molecule has 1 aliphatic carbocycles. The Balaban J connectivity index is 2.22. The van der Waals surface area contributed by atoms with Gasteiger partial charge in [-0.05, 0) is 32.3 Å². The zero-order valence-electron chi connectivity index (χ0n) is 11.6. The summed E-state index contributed by atoms with van der Waals surface area (Å²) in [7, 11) is 4.74. The first-order chi connectivity index (χ1) is 7.42. The van der Waals surface area contributed by atoms with E-state index in [1.54, 1.807) is 5.57 Å². The molecular weight excluding hydrogens is 193 g/mol. The molecule has 1 fully saturated rings. The molecule has 1 heterocycles. The molecule has 2 rings (SSSR count). The molecule has 0 aromatic carbocycles. The predicted molar refractivity (Wildman–Crippen MR) is 73.4 cm³/mol. The molecule has 1 saturated carbocycles. The van der Waals surface area contributed by atoms with Crippen LogP contribution in [0, 0.1) is 5.92 Å². The van der Waals surface area contributed by atoms with E-state index in [-0.39, 0.29) is 0 Å². The highest BCUT2D eigenvalue weighted by Gasteiger charge is 2.38. The van der Waals surface area contributed by atoms with Crippen molar-refractivity contribution in [2.45, 2.75) is 64.2 Å². The van der Waals surface area contributed by atoms with Crippen molar-refractivity contribution >= 4 is 7.85 Å². The van der Waals surface area contributed by atoms with Crippen molar-refractivity contribution in [2.24, 2.45) is 5.92 Å². The Hall–Kier alpha value is -0.395. The standard InChI is InChI=1S/C14H26BN/c1-10-11(2)16(4)13-9-14(3,15)8-6-5-7-12(10)13/h12-13H,5-9,15H2,1-4H3. The second-order valence-electron chi connectivity index (χ2n) is 6.67. The van der Waals surface area contributed by atoms with Gasteiger partial charge in [-0.1, -0.05) is 31.5 Å². The monoisotopic (exact) mass is 219 g/mol. The molecule has 3 atom stereocenters. The molecule has 0 aromatic heterocycles. The first-order valence-electron chi connectivity index (χ1n) is 6.82. The molecule has 2 heteroatoms. The Morgan fingerprint density at radius 3 is 2.69 bits per heavy atom. The maximum Gasteiger partial charge on any atom is 0.109 e. The molecule has 1 nitrogen and oxygen atoms in total. The fourth-order valence-electron chi connectivity index (χ4n) is 3.68. The van der Waals surface area contributed by atoms with Gasteiger partial charge in [0.15, 0.2) is 0 Å². The summed E-state index contributed by atoms with van der Waals surface area (Å²) in [5, 5.41) is 0.530. The minimum atomic E-state index is 0.530. The van der Waals surface area contributed by atoms with Crippen LogP contribution in [0.1, 0.15) is 52.9 Å². The second kappa shape index (κ2) is 4.12. The molecular formula is C14H26BN. The maximum absolute atomic E-state index is 2.55. The minimum absolute atomic E-state index is 0.530. The summed E-state index contributed by atoms with van der Waals surface area (Å²) in [5.41, 5.74) is 3.19. The number of fused-ring (bicyclic) bond motifs is 1. The Kier molecular flexibility index (Phi) is 3.11. The third kappa shape index (κ3) is 2.03. The van der Waals surface area contributed by atoms with Crippen LogP contribution in [0.4, 0.5) is 0 Å². The molecule has 0 saturated heterocycles. The van der Waals surface area contributed by atoms with E-state index in [4.69, 9.17) is 0 Å². The van der Waals surface area contributed by atoms with Gasteiger partial charge in [0.05, 0.1) is 0 Å². The molecule has 3 unspecified atom stereocenters. The maximum atomic E-state index is 2.55. The average molecular weight is 219 g/mol. The summed E-state index contributed by atoms with van der Waals surface area (Å²) in [6.07, 6.45) is 7.02. The van der Waals surface area contributed by atoms with E-state index in [2.05, 4.69) is 40.6 Å². The Labute approximate surface area is 102 Å². The van der Waals surface area contributed by atoms with Crippen LogP contribution in [0.2, 0.25) is 5.31 Å². The summed E-state index contributed by atoms with van der Waals surface area (Å²) in [6, 6.07) is 0.773. The van der Waals surface area contributed by atoms with Gasteiger partial charge in [0.2, 0.25) is 0 Å². The molecule has 0 aromatic rings. The van der Waals surface area contributed by atoms with Crippen molar-refractivity contribution in [2.75, 3.05) is 7.05 Å². The van der Waals surface area contributed by atoms with Crippen LogP contribution in [-0.4, -0.2) is 25.8 Å². The van der Waals surface area contributed by atoms with Crippen LogP contribution in [-0.2, 0) is 0 Å². The second-order valence-corrected chi connectivity index (χ2v) is 6.67. The van der Waals surface area contributed by atoms with Crippen LogP contribution in [0.3, 0.4) is 0 Å². The first-order valence-corrected chi connectivity index (χ1v) is 6.82. The van der Waals surface area contributed by atoms with E-state index in [0.29, 0.717) is 5.31 Å². The molecule has 90 valence electrons. The van der Waals surface area contributed by atoms with Gasteiger partial charge in [-0.15, -0.1) is 0 Å². The molecule has 1 aliphatic heterocycles. The van der Waals surface area contributed by atoms with Gasteiger partial charge in [0, 0.05) is 24.7 Å². The van der Waals surface area contributed by atoms with Gasteiger partial charge in [-0.3, -0.25) is 0 Å². The van der Waals surface area contributed by atoms with E-state index >= 15 is 0 Å². The topological polar surface area (TPSA) is 3.24 Å². The molecule has 2 aliphatic rings. The van der Waals surface area contributed by atoms with Gasteiger partial charge >= 0.3 is 0 Å². The number of hydrogen-bond donors (Lipinski definition) is 0. The number of rotatable bonds is 0. The largest absolute Gasteiger partial charge is 0.375 e. The van der Waals surface area contributed by atoms with Gasteiger partial charge in [0.1, 0.15) is 7.85 Å². The third-order valence-corrected chi connectivity index (χ3v) is 5.00. The molecule has 0 spiro atoms. The van der Waals surface area contributed by atoms with E-state index in [0.717, 1.165) is 12.0 Å². The Morgan fingerprint density at radius 1 is 1.31 bits per heavy atom. The van der Waals surface area contributed by atoms with Crippen LogP contribution in [0.5, 0.6) is 0 Å². The average Bonchev–Trinajstić information content (AvgIpc) is 2.37. The molecule has 0 N–H and O–H groups in total. The zero-order valence-corrected chi connectivity index (χ0v) is 11.6. The van der Waals surface area contributed by atoms with Crippen molar-refractivity contribution in [3.05, 3.63) is 11.3 Å². The highest BCUT2D eigenvalue weighted by atomic mass is 15.2. The zero-order chi connectivity index (χ0) is 11.9. The minimum Gasteiger partial charge on any atom is -0.375 e. The SMILES string of the molecule is BC1(C)CCCCC2C(C)=C(C)N(C)C2C1. The van der Waals surface area contributed by atoms with Crippen molar-refractivity contribution in [1.29, 1.82) is 0 Å². The normalized spacial score (nSPS) is 40.6. The van der Waals surface area contributed by atoms with E-state index in [1.165, 1.54) is 37.8 Å². The van der Waals surface area contributed by atoms with E-state index in [9.17, 15) is 0 Å². The van der Waals surface area contributed by atoms with Gasteiger partial charge in [0.25, 0.3) is 0 Å². The number of hydrogen-bond acceptors (Lipinski definition) is 1. The quantitative estimate of drug-likeness (QED) is 0.566. The van der Waals surface area contributed by atoms with Crippen LogP contribution in [0.15, 0.2) is 11.3 Å². The lowest BCUT2D eigenvalue weighted by Crippen LogP contribution is -2.35. The first kappa shape index (κ1) is 12.1. The van der Waals surface area contributed by atoms with Crippen LogP contribution < -0.4 is 0 Å². The Morgan fingerprint density at radius 2 is 2.00 bits per heavy atom. The third-order valence-electron chi connectivity index (χ3n) is 5.00. The van der Waals surface area contributed by atoms with E-state index < -0.39 is 0 Å². The van der Waals surface area contributed by atoms with Crippen molar-refractivity contribution in [3.63, 3.8) is 0 Å². The van der Waals surface area contributed by atoms with Crippen molar-refractivity contribution in [1.82, 2.24) is 4.90 Å². The lowest BCUT2D eigenvalue weighted by Gasteiger charge is -2.38. The fourth-order valence-corrected chi connectivity index (χ4v) is 3.68. The molecule has 16 heavy (non-hydrogen) atoms. The molecule has 0 radical (unpaired) electrons. The molecule has 0 amide bonds. The van der Waals surface area contributed by atoms with Gasteiger partial charge in [-0.2, -0.15) is 0 Å². The van der Waals surface area contributed by atoms with E-state index in [1.807, 2.05) is 0 Å². The highest BCUT2D eigenvalue weighted by molar-refractivity contribution is 6.14. The number of allylic oxidation sites excluding steroid dienone is 1. The summed E-state index contributed by atoms with van der Waals surface area (Å²) >= 11 is 0. The number of nitrogens with zero attached hydrogens (tertiary/aromatic N) is 1. The lowest BCUT2D eigenvalue weighted by atomic mass is 9.61. The smallest absolute Gasteiger partial charge is 0.109 e. The van der Waals surface area contributed by atoms with Crippen molar-refractivity contribution in [3.8, 4) is 0 Å². The van der Waals surface area contributed by atoms with Gasteiger partial charge < -0.3 is 4.90 Å². The Bertz CT molecular complexity index is 306. The highest BCUT2D eigenvalue weighted by Crippen LogP contribution is 2.46. The predicted octanol–water partition coefficient (Wildman–Crippen LogP) is 2.99. The van der Waals surface area contributed by atoms with Crippen molar-refractivity contribution < 1.29 is 0 Å².